The van der Waals surface area contributed by atoms with Gasteiger partial charge in [-0.3, -0.25) is 0 Å². The number of hydrogen-bond donors (Lipinski definition) is 0. The van der Waals surface area contributed by atoms with Crippen molar-refractivity contribution < 1.29 is 46.1 Å². The summed E-state index contributed by atoms with van der Waals surface area (Å²) < 4.78 is 5.47. The zero-order chi connectivity index (χ0) is 24.5. The van der Waals surface area contributed by atoms with Crippen molar-refractivity contribution in [2.24, 2.45) is 0 Å². The van der Waals surface area contributed by atoms with Crippen molar-refractivity contribution in [3.63, 3.8) is 0 Å². The fourth-order valence-corrected chi connectivity index (χ4v) is 14.9. The van der Waals surface area contributed by atoms with Crippen molar-refractivity contribution in [3.05, 3.63) is 99.4 Å². The zero-order valence-electron chi connectivity index (χ0n) is 22.5. The molecule has 0 atom stereocenters. The Bertz CT molecular complexity index is 1550. The second-order valence-corrected chi connectivity index (χ2v) is 17.0. The van der Waals surface area contributed by atoms with Crippen LogP contribution in [-0.2, 0) is 27.7 Å². The topological polar surface area (TPSA) is 0 Å². The average Bonchev–Trinajstić information content (AvgIpc) is 3.59. The molecule has 0 amide bonds. The molecule has 0 radical (unpaired) electrons. The Balaban J connectivity index is 0.00000168. The SMILES string of the molecule is CCCC[C](CCCC)=[Zr+2]([C]1=CC=CC1)[c]1cccc2c1c1c(c3ccccc32)-c2ccccc2C1.[Cl-].[Cl-]. The molecule has 0 N–H and O–H groups in total. The molecular weight excluding hydrogens is 583 g/mol. The first-order valence-electron chi connectivity index (χ1n) is 13.9. The molecule has 2 aliphatic carbocycles. The number of halogens is 2. The Morgan fingerprint density at radius 2 is 1.45 bits per heavy atom. The second kappa shape index (κ2) is 13.0. The van der Waals surface area contributed by atoms with Crippen molar-refractivity contribution in [2.75, 3.05) is 0 Å². The number of fused-ring (bicyclic) bond motifs is 8. The number of unbranched alkanes of at least 4 members (excludes halogenated alkanes) is 2. The van der Waals surface area contributed by atoms with Crippen LogP contribution >= 0.6 is 0 Å². The van der Waals surface area contributed by atoms with Gasteiger partial charge in [-0.1, -0.05) is 0 Å². The smallest absolute Gasteiger partial charge is 1.00 e. The van der Waals surface area contributed by atoms with Gasteiger partial charge in [-0.15, -0.1) is 0 Å². The molecule has 0 aliphatic heterocycles. The van der Waals surface area contributed by atoms with E-state index in [0.29, 0.717) is 0 Å². The van der Waals surface area contributed by atoms with Crippen LogP contribution < -0.4 is 28.1 Å². The third-order valence-corrected chi connectivity index (χ3v) is 16.0. The summed E-state index contributed by atoms with van der Waals surface area (Å²) in [5.74, 6) is 0. The molecule has 0 aromatic heterocycles. The molecule has 0 nitrogen and oxygen atoms in total. The minimum absolute atomic E-state index is 0. The first-order chi connectivity index (χ1) is 17.8. The van der Waals surface area contributed by atoms with Gasteiger partial charge < -0.3 is 24.8 Å². The molecule has 4 aromatic rings. The van der Waals surface area contributed by atoms with Crippen LogP contribution in [0.2, 0.25) is 0 Å². The molecule has 38 heavy (non-hydrogen) atoms. The van der Waals surface area contributed by atoms with Crippen LogP contribution in [0.15, 0.2) is 88.2 Å². The standard InChI is InChI=1S/C21H13.C9H18.C5H5.2ClH.Zr/c1-2-8-15-14(7-1)13-20-18-11-4-3-9-16(18)17-10-5-6-12-19(17)21(15)20;1-3-5-7-9-8-6-4-2;1-2-4-5-3-1;;;/h1-10,12H,13H2;3-8H2,1-2H3;1-3H,4H2;2*1H;/q;;;;;+2/p-2. The van der Waals surface area contributed by atoms with Crippen LogP contribution in [0, 0.1) is 0 Å². The van der Waals surface area contributed by atoms with E-state index in [-0.39, 0.29) is 24.8 Å². The first kappa shape index (κ1) is 29.2. The summed E-state index contributed by atoms with van der Waals surface area (Å²) >= 11 is -2.25. The number of rotatable bonds is 8. The Hall–Kier alpha value is -1.79. The van der Waals surface area contributed by atoms with Gasteiger partial charge in [-0.25, -0.2) is 0 Å². The molecular formula is C35H36Cl2Zr. The molecule has 6 rings (SSSR count). The van der Waals surface area contributed by atoms with E-state index in [1.807, 2.05) is 3.21 Å². The maximum Gasteiger partial charge on any atom is -1.00 e. The summed E-state index contributed by atoms with van der Waals surface area (Å²) in [7, 11) is 0. The van der Waals surface area contributed by atoms with E-state index in [4.69, 9.17) is 0 Å². The fourth-order valence-electron chi connectivity index (χ4n) is 6.51. The predicted octanol–water partition coefficient (Wildman–Crippen LogP) is 3.21. The van der Waals surface area contributed by atoms with Crippen LogP contribution in [0.5, 0.6) is 0 Å². The largest absolute Gasteiger partial charge is 1.00 e. The number of benzene rings is 4. The van der Waals surface area contributed by atoms with E-state index in [2.05, 4.69) is 98.8 Å². The van der Waals surface area contributed by atoms with Gasteiger partial charge in [0.2, 0.25) is 0 Å². The summed E-state index contributed by atoms with van der Waals surface area (Å²) in [6, 6.07) is 25.6. The molecule has 0 spiro atoms. The van der Waals surface area contributed by atoms with E-state index in [0.717, 1.165) is 6.42 Å². The molecule has 0 fully saturated rings. The van der Waals surface area contributed by atoms with Crippen molar-refractivity contribution in [1.82, 2.24) is 0 Å². The maximum atomic E-state index is 2.55. The zero-order valence-corrected chi connectivity index (χ0v) is 26.5. The Morgan fingerprint density at radius 3 is 2.16 bits per heavy atom. The minimum Gasteiger partial charge on any atom is -1.00 e. The molecule has 0 saturated heterocycles. The molecule has 0 saturated carbocycles. The van der Waals surface area contributed by atoms with Crippen LogP contribution in [0.25, 0.3) is 32.7 Å². The quantitative estimate of drug-likeness (QED) is 0.235. The van der Waals surface area contributed by atoms with Crippen molar-refractivity contribution >= 4 is 28.0 Å². The molecule has 0 unspecified atom stereocenters. The molecule has 3 heteroatoms. The summed E-state index contributed by atoms with van der Waals surface area (Å²) in [6.07, 6.45) is 17.4. The molecule has 194 valence electrons. The van der Waals surface area contributed by atoms with Gasteiger partial charge in [-0.2, -0.15) is 0 Å². The fraction of sp³-hybridized carbons (Fsp3) is 0.286. The van der Waals surface area contributed by atoms with E-state index >= 15 is 0 Å². The van der Waals surface area contributed by atoms with Gasteiger partial charge in [-0.05, 0) is 0 Å². The van der Waals surface area contributed by atoms with Gasteiger partial charge in [0.05, 0.1) is 0 Å². The van der Waals surface area contributed by atoms with Crippen LogP contribution in [-0.4, -0.2) is 3.21 Å². The first-order valence-corrected chi connectivity index (χ1v) is 17.6. The molecule has 2 aliphatic rings. The van der Waals surface area contributed by atoms with Gasteiger partial charge in [0.25, 0.3) is 0 Å². The van der Waals surface area contributed by atoms with Crippen molar-refractivity contribution in [3.8, 4) is 11.1 Å². The third kappa shape index (κ3) is 5.20. The van der Waals surface area contributed by atoms with Crippen LogP contribution in [0.3, 0.4) is 0 Å². The molecule has 0 bridgehead atoms. The summed E-state index contributed by atoms with van der Waals surface area (Å²) in [4.78, 5) is 0. The minimum atomic E-state index is -2.25. The summed E-state index contributed by atoms with van der Waals surface area (Å²) in [5.41, 5.74) is 6.04. The average molecular weight is 619 g/mol. The van der Waals surface area contributed by atoms with Crippen LogP contribution in [0.1, 0.15) is 69.9 Å². The number of hydrogen-bond acceptors (Lipinski definition) is 0. The Labute approximate surface area is 248 Å². The van der Waals surface area contributed by atoms with Gasteiger partial charge >= 0.3 is 225 Å². The predicted molar refractivity (Wildman–Crippen MR) is 155 cm³/mol. The van der Waals surface area contributed by atoms with E-state index in [1.165, 1.54) is 77.8 Å². The Morgan fingerprint density at radius 1 is 0.763 bits per heavy atom. The second-order valence-electron chi connectivity index (χ2n) is 10.5. The van der Waals surface area contributed by atoms with Gasteiger partial charge in [0, 0.05) is 0 Å². The maximum absolute atomic E-state index is 2.55. The summed E-state index contributed by atoms with van der Waals surface area (Å²) in [5, 5.41) is 5.93. The van der Waals surface area contributed by atoms with Gasteiger partial charge in [0.15, 0.2) is 0 Å². The normalized spacial score (nSPS) is 12.8. The molecule has 0 heterocycles. The van der Waals surface area contributed by atoms with Crippen LogP contribution in [0.4, 0.5) is 0 Å². The monoisotopic (exact) mass is 616 g/mol. The van der Waals surface area contributed by atoms with Crippen molar-refractivity contribution in [2.45, 2.75) is 65.2 Å². The Kier molecular flexibility index (Phi) is 10.0. The number of allylic oxidation sites excluding steroid dienone is 4. The molecule has 4 aromatic carbocycles. The van der Waals surface area contributed by atoms with Gasteiger partial charge in [0.1, 0.15) is 0 Å². The van der Waals surface area contributed by atoms with E-state index in [1.54, 1.807) is 17.5 Å². The summed E-state index contributed by atoms with van der Waals surface area (Å²) in [6.45, 7) is 4.70. The van der Waals surface area contributed by atoms with E-state index in [9.17, 15) is 0 Å². The third-order valence-electron chi connectivity index (χ3n) is 8.19. The van der Waals surface area contributed by atoms with E-state index < -0.39 is 21.3 Å². The van der Waals surface area contributed by atoms with Crippen molar-refractivity contribution in [1.29, 1.82) is 0 Å².